The topological polar surface area (TPSA) is 44.9 Å². The van der Waals surface area contributed by atoms with Gasteiger partial charge in [-0.2, -0.15) is 0 Å². The SMILES string of the molecule is N=C([Se])N(C(F)F)n1ccnc1. The van der Waals surface area contributed by atoms with Crippen LogP contribution in [0.4, 0.5) is 8.78 Å². The van der Waals surface area contributed by atoms with E-state index in [-0.39, 0.29) is 4.73 Å². The Morgan fingerprint density at radius 2 is 2.33 bits per heavy atom. The second kappa shape index (κ2) is 3.64. The van der Waals surface area contributed by atoms with Crippen LogP contribution in [-0.2, 0) is 0 Å². The van der Waals surface area contributed by atoms with E-state index < -0.39 is 6.55 Å². The average Bonchev–Trinajstić information content (AvgIpc) is 2.37. The number of imidazole rings is 1. The summed E-state index contributed by atoms with van der Waals surface area (Å²) in [5.74, 6) is 0. The first-order chi connectivity index (χ1) is 5.63. The molecule has 0 saturated carbocycles. The molecule has 1 rings (SSSR count). The summed E-state index contributed by atoms with van der Waals surface area (Å²) in [6.07, 6.45) is 3.88. The normalized spacial score (nSPS) is 10.2. The molecular weight excluding hydrogens is 233 g/mol. The van der Waals surface area contributed by atoms with Crippen molar-refractivity contribution in [2.75, 3.05) is 5.01 Å². The van der Waals surface area contributed by atoms with Gasteiger partial charge in [-0.25, -0.2) is 0 Å². The van der Waals surface area contributed by atoms with Crippen LogP contribution in [0.3, 0.4) is 0 Å². The molecule has 0 saturated heterocycles. The monoisotopic (exact) mass is 239 g/mol. The van der Waals surface area contributed by atoms with Gasteiger partial charge in [0.15, 0.2) is 0 Å². The first-order valence-electron chi connectivity index (χ1n) is 2.94. The Kier molecular flexibility index (Phi) is 2.78. The number of alkyl halides is 2. The summed E-state index contributed by atoms with van der Waals surface area (Å²) in [6, 6.07) is 0. The number of hydrogen-bond acceptors (Lipinski definition) is 2. The standard InChI is InChI=1S/C5H5F2N4Se/c6-4(7)11(5(8)12)10-2-1-9-3-10/h1-4,8H. The first kappa shape index (κ1) is 9.15. The Hall–Kier alpha value is -0.941. The minimum atomic E-state index is -2.76. The maximum atomic E-state index is 12.2. The molecule has 4 nitrogen and oxygen atoms in total. The number of hydrogen-bond donors (Lipinski definition) is 1. The molecule has 0 bridgehead atoms. The van der Waals surface area contributed by atoms with Gasteiger partial charge in [-0.05, 0) is 0 Å². The summed E-state index contributed by atoms with van der Waals surface area (Å²) < 4.78 is 25.1. The fourth-order valence-corrected chi connectivity index (χ4v) is 1.04. The van der Waals surface area contributed by atoms with Gasteiger partial charge in [0.2, 0.25) is 0 Å². The zero-order valence-corrected chi connectivity index (χ0v) is 7.53. The Morgan fingerprint density at radius 3 is 2.67 bits per heavy atom. The molecule has 0 unspecified atom stereocenters. The van der Waals surface area contributed by atoms with Crippen LogP contribution in [0.25, 0.3) is 0 Å². The van der Waals surface area contributed by atoms with Crippen molar-refractivity contribution in [2.24, 2.45) is 0 Å². The Morgan fingerprint density at radius 1 is 1.67 bits per heavy atom. The molecular formula is C5H5F2N4Se. The third-order valence-corrected chi connectivity index (χ3v) is 1.52. The molecule has 0 aliphatic carbocycles. The van der Waals surface area contributed by atoms with Gasteiger partial charge in [-0.1, -0.05) is 0 Å². The zero-order chi connectivity index (χ0) is 9.14. The van der Waals surface area contributed by atoms with Gasteiger partial charge in [0, 0.05) is 0 Å². The van der Waals surface area contributed by atoms with E-state index in [1.807, 2.05) is 0 Å². The third-order valence-electron chi connectivity index (χ3n) is 1.13. The van der Waals surface area contributed by atoms with Crippen molar-refractivity contribution in [2.45, 2.75) is 6.55 Å². The molecule has 1 radical (unpaired) electrons. The molecule has 7 heteroatoms. The number of amidine groups is 1. The van der Waals surface area contributed by atoms with Crippen molar-refractivity contribution in [3.05, 3.63) is 18.7 Å². The molecule has 1 aromatic rings. The van der Waals surface area contributed by atoms with E-state index in [0.717, 1.165) is 4.68 Å². The molecule has 65 valence electrons. The molecule has 0 aromatic carbocycles. The quantitative estimate of drug-likeness (QED) is 0.345. The number of nitrogens with zero attached hydrogens (tertiary/aromatic N) is 3. The van der Waals surface area contributed by atoms with Crippen molar-refractivity contribution in [1.82, 2.24) is 9.66 Å². The fraction of sp³-hybridized carbons (Fsp3) is 0.200. The van der Waals surface area contributed by atoms with Gasteiger partial charge >= 0.3 is 74.9 Å². The number of nitrogens with one attached hydrogen (secondary N) is 1. The van der Waals surface area contributed by atoms with E-state index >= 15 is 0 Å². The van der Waals surface area contributed by atoms with E-state index in [0.29, 0.717) is 5.01 Å². The summed E-state index contributed by atoms with van der Waals surface area (Å²) in [5.41, 5.74) is 0. The predicted octanol–water partition coefficient (Wildman–Crippen LogP) is 0.147. The molecule has 0 aliphatic heterocycles. The fourth-order valence-electron chi connectivity index (χ4n) is 0.674. The Bertz CT molecular complexity index is 260. The van der Waals surface area contributed by atoms with Crippen LogP contribution in [0, 0.1) is 5.41 Å². The number of aromatic nitrogens is 2. The minimum absolute atomic E-state index is 0.358. The molecule has 0 fully saturated rings. The van der Waals surface area contributed by atoms with Gasteiger partial charge in [0.1, 0.15) is 0 Å². The van der Waals surface area contributed by atoms with Crippen LogP contribution in [0.5, 0.6) is 0 Å². The number of rotatable bonds is 2. The van der Waals surface area contributed by atoms with Crippen LogP contribution >= 0.6 is 0 Å². The van der Waals surface area contributed by atoms with E-state index in [2.05, 4.69) is 21.0 Å². The second-order valence-electron chi connectivity index (χ2n) is 1.87. The van der Waals surface area contributed by atoms with Crippen molar-refractivity contribution < 1.29 is 8.78 Å². The van der Waals surface area contributed by atoms with Crippen LogP contribution in [-0.4, -0.2) is 37.0 Å². The first-order valence-corrected chi connectivity index (χ1v) is 3.80. The van der Waals surface area contributed by atoms with E-state index in [4.69, 9.17) is 5.41 Å². The number of halogens is 2. The summed E-state index contributed by atoms with van der Waals surface area (Å²) in [5, 5.41) is 7.47. The summed E-state index contributed by atoms with van der Waals surface area (Å²) in [7, 11) is 0. The van der Waals surface area contributed by atoms with Crippen LogP contribution in [0.15, 0.2) is 18.7 Å². The molecule has 1 heterocycles. The van der Waals surface area contributed by atoms with Gasteiger partial charge in [0.25, 0.3) is 0 Å². The molecule has 0 spiro atoms. The Balaban J connectivity index is 2.88. The maximum absolute atomic E-state index is 12.2. The molecule has 0 amide bonds. The third kappa shape index (κ3) is 1.80. The van der Waals surface area contributed by atoms with Crippen molar-refractivity contribution in [3.8, 4) is 0 Å². The Labute approximate surface area is 75.5 Å². The van der Waals surface area contributed by atoms with E-state index in [1.54, 1.807) is 0 Å². The van der Waals surface area contributed by atoms with E-state index in [9.17, 15) is 8.78 Å². The molecule has 12 heavy (non-hydrogen) atoms. The zero-order valence-electron chi connectivity index (χ0n) is 5.82. The summed E-state index contributed by atoms with van der Waals surface area (Å²) in [4.78, 5) is 3.59. The van der Waals surface area contributed by atoms with Crippen molar-refractivity contribution in [3.63, 3.8) is 0 Å². The second-order valence-corrected chi connectivity index (χ2v) is 2.68. The van der Waals surface area contributed by atoms with Crippen molar-refractivity contribution >= 4 is 20.7 Å². The molecule has 0 aliphatic rings. The van der Waals surface area contributed by atoms with Crippen LogP contribution in [0.2, 0.25) is 0 Å². The van der Waals surface area contributed by atoms with Gasteiger partial charge in [-0.3, -0.25) is 0 Å². The molecule has 1 N–H and O–H groups in total. The summed E-state index contributed by atoms with van der Waals surface area (Å²) in [6.45, 7) is -2.76. The van der Waals surface area contributed by atoms with Gasteiger partial charge in [-0.15, -0.1) is 0 Å². The average molecular weight is 238 g/mol. The molecule has 1 aromatic heterocycles. The predicted molar refractivity (Wildman–Crippen MR) is 39.9 cm³/mol. The van der Waals surface area contributed by atoms with E-state index in [1.165, 1.54) is 18.7 Å². The molecule has 0 atom stereocenters. The van der Waals surface area contributed by atoms with Gasteiger partial charge < -0.3 is 0 Å². The van der Waals surface area contributed by atoms with Crippen LogP contribution in [0.1, 0.15) is 0 Å². The summed E-state index contributed by atoms with van der Waals surface area (Å²) >= 11 is 2.19. The van der Waals surface area contributed by atoms with Gasteiger partial charge in [0.05, 0.1) is 0 Å². The van der Waals surface area contributed by atoms with Crippen molar-refractivity contribution in [1.29, 1.82) is 5.41 Å². The van der Waals surface area contributed by atoms with Crippen LogP contribution < -0.4 is 5.01 Å².